The first-order valence-electron chi connectivity index (χ1n) is 8.19. The van der Waals surface area contributed by atoms with E-state index in [-0.39, 0.29) is 12.3 Å². The van der Waals surface area contributed by atoms with Gasteiger partial charge in [0.05, 0.1) is 44.8 Å². The fourth-order valence-electron chi connectivity index (χ4n) is 2.64. The predicted molar refractivity (Wildman–Crippen MR) is 97.8 cm³/mol. The van der Waals surface area contributed by atoms with Crippen LogP contribution in [0.15, 0.2) is 21.3 Å². The summed E-state index contributed by atoms with van der Waals surface area (Å²) in [6.45, 7) is 3.35. The number of methoxy groups -OCH3 is 1. The maximum atomic E-state index is 12.3. The van der Waals surface area contributed by atoms with Gasteiger partial charge in [0, 0.05) is 24.4 Å². The van der Waals surface area contributed by atoms with Crippen molar-refractivity contribution in [1.29, 1.82) is 0 Å². The third-order valence-corrected chi connectivity index (χ3v) is 4.37. The number of halogens is 1. The third kappa shape index (κ3) is 4.74. The summed E-state index contributed by atoms with van der Waals surface area (Å²) in [6, 6.07) is 3.27. The van der Waals surface area contributed by atoms with Crippen LogP contribution in [0.4, 0.5) is 0 Å². The summed E-state index contributed by atoms with van der Waals surface area (Å²) in [5, 5.41) is 3.96. The van der Waals surface area contributed by atoms with Crippen molar-refractivity contribution in [2.24, 2.45) is 0 Å². The molecule has 1 amide bonds. The molecule has 0 atom stereocenters. The fourth-order valence-corrected chi connectivity index (χ4v) is 2.88. The van der Waals surface area contributed by atoms with Gasteiger partial charge in [-0.25, -0.2) is 4.79 Å². The average Bonchev–Trinajstić information content (AvgIpc) is 2.55. The van der Waals surface area contributed by atoms with Gasteiger partial charge in [0.2, 0.25) is 5.91 Å². The lowest BCUT2D eigenvalue weighted by molar-refractivity contribution is -0.858. The zero-order valence-corrected chi connectivity index (χ0v) is 15.8. The molecule has 0 aliphatic heterocycles. The molecule has 1 heterocycles. The molecule has 6 nitrogen and oxygen atoms in total. The van der Waals surface area contributed by atoms with Crippen molar-refractivity contribution < 1.29 is 18.8 Å². The molecular weight excluding hydrogens is 344 g/mol. The summed E-state index contributed by atoms with van der Waals surface area (Å²) in [5.74, 6) is 0.244. The lowest BCUT2D eigenvalue weighted by Crippen LogP contribution is -3.05. The second kappa shape index (κ2) is 8.36. The summed E-state index contributed by atoms with van der Waals surface area (Å²) in [7, 11) is 5.62. The van der Waals surface area contributed by atoms with Crippen molar-refractivity contribution in [3.05, 3.63) is 38.7 Å². The van der Waals surface area contributed by atoms with Crippen molar-refractivity contribution >= 4 is 28.5 Å². The zero-order chi connectivity index (χ0) is 18.6. The third-order valence-electron chi connectivity index (χ3n) is 4.07. The molecule has 1 aromatic carbocycles. The minimum absolute atomic E-state index is 0.0113. The molecule has 0 saturated carbocycles. The Morgan fingerprint density at radius 3 is 2.72 bits per heavy atom. The number of fused-ring (bicyclic) bond motifs is 1. The molecule has 0 bridgehead atoms. The van der Waals surface area contributed by atoms with E-state index in [0.29, 0.717) is 39.4 Å². The number of carbonyl (C=O) groups excluding carboxylic acids is 1. The van der Waals surface area contributed by atoms with Crippen molar-refractivity contribution in [2.45, 2.75) is 19.8 Å². The summed E-state index contributed by atoms with van der Waals surface area (Å²) < 4.78 is 10.5. The molecule has 0 spiro atoms. The summed E-state index contributed by atoms with van der Waals surface area (Å²) in [4.78, 5) is 25.7. The molecular formula is C18H24ClN2O4+. The number of amides is 1. The first kappa shape index (κ1) is 19.3. The highest BCUT2D eigenvalue weighted by atomic mass is 35.5. The molecule has 2 rings (SSSR count). The maximum Gasteiger partial charge on any atom is 0.340 e. The standard InChI is InChI=1S/C18H23ClN2O4/c1-11-12-8-14(19)16(24-4)10-15(12)25-18(23)13(11)9-17(22)20-6-5-7-21(2)3/h8,10H,5-7,9H2,1-4H3,(H,20,22)/p+1. The monoisotopic (exact) mass is 367 g/mol. The van der Waals surface area contributed by atoms with Gasteiger partial charge < -0.3 is 19.4 Å². The van der Waals surface area contributed by atoms with E-state index in [0.717, 1.165) is 13.0 Å². The number of rotatable bonds is 7. The first-order chi connectivity index (χ1) is 11.8. The van der Waals surface area contributed by atoms with E-state index in [1.165, 1.54) is 12.0 Å². The van der Waals surface area contributed by atoms with Gasteiger partial charge >= 0.3 is 5.63 Å². The number of nitrogens with one attached hydrogen (secondary N) is 2. The summed E-state index contributed by atoms with van der Waals surface area (Å²) in [5.41, 5.74) is 0.928. The van der Waals surface area contributed by atoms with Crippen molar-refractivity contribution in [2.75, 3.05) is 34.3 Å². The maximum absolute atomic E-state index is 12.3. The van der Waals surface area contributed by atoms with Crippen molar-refractivity contribution in [3.63, 3.8) is 0 Å². The first-order valence-corrected chi connectivity index (χ1v) is 8.56. The number of benzene rings is 1. The Morgan fingerprint density at radius 1 is 1.36 bits per heavy atom. The van der Waals surface area contributed by atoms with Gasteiger partial charge in [-0.3, -0.25) is 4.79 Å². The van der Waals surface area contributed by atoms with Crippen LogP contribution >= 0.6 is 11.6 Å². The van der Waals surface area contributed by atoms with Crippen LogP contribution in [0.5, 0.6) is 5.75 Å². The van der Waals surface area contributed by atoms with Gasteiger partial charge in [0.15, 0.2) is 0 Å². The van der Waals surface area contributed by atoms with E-state index < -0.39 is 5.63 Å². The lowest BCUT2D eigenvalue weighted by Gasteiger charge is -2.11. The van der Waals surface area contributed by atoms with Crippen molar-refractivity contribution in [1.82, 2.24) is 5.32 Å². The van der Waals surface area contributed by atoms with E-state index in [9.17, 15) is 9.59 Å². The molecule has 25 heavy (non-hydrogen) atoms. The summed E-state index contributed by atoms with van der Waals surface area (Å²) in [6.07, 6.45) is 0.872. The Morgan fingerprint density at radius 2 is 2.08 bits per heavy atom. The van der Waals surface area contributed by atoms with E-state index in [2.05, 4.69) is 19.4 Å². The van der Waals surface area contributed by atoms with Gasteiger partial charge in [-0.05, 0) is 18.6 Å². The largest absolute Gasteiger partial charge is 0.495 e. The van der Waals surface area contributed by atoms with Crippen LogP contribution in [0.25, 0.3) is 11.0 Å². The van der Waals surface area contributed by atoms with Crippen LogP contribution < -0.4 is 20.6 Å². The molecule has 0 radical (unpaired) electrons. The molecule has 0 fully saturated rings. The molecule has 0 unspecified atom stereocenters. The minimum Gasteiger partial charge on any atom is -0.495 e. The van der Waals surface area contributed by atoms with Crippen LogP contribution in [0.2, 0.25) is 5.02 Å². The molecule has 1 aromatic heterocycles. The Kier molecular flexibility index (Phi) is 6.45. The smallest absolute Gasteiger partial charge is 0.340 e. The van der Waals surface area contributed by atoms with E-state index in [4.69, 9.17) is 20.8 Å². The van der Waals surface area contributed by atoms with E-state index in [1.807, 2.05) is 0 Å². The number of carbonyl (C=O) groups is 1. The van der Waals surface area contributed by atoms with Gasteiger partial charge in [-0.1, -0.05) is 11.6 Å². The number of aryl methyl sites for hydroxylation is 1. The van der Waals surface area contributed by atoms with Gasteiger partial charge in [0.25, 0.3) is 0 Å². The normalized spacial score (nSPS) is 11.1. The van der Waals surface area contributed by atoms with Crippen LogP contribution in [0.3, 0.4) is 0 Å². The minimum atomic E-state index is -0.512. The number of hydrogen-bond donors (Lipinski definition) is 2. The molecule has 0 saturated heterocycles. The average molecular weight is 368 g/mol. The zero-order valence-electron chi connectivity index (χ0n) is 15.0. The van der Waals surface area contributed by atoms with Gasteiger partial charge in [0.1, 0.15) is 11.3 Å². The molecule has 2 aromatic rings. The van der Waals surface area contributed by atoms with Crippen LogP contribution in [0.1, 0.15) is 17.5 Å². The van der Waals surface area contributed by atoms with Crippen LogP contribution in [-0.2, 0) is 11.2 Å². The second-order valence-electron chi connectivity index (χ2n) is 6.31. The molecule has 136 valence electrons. The number of quaternary nitrogens is 1. The molecule has 0 aliphatic carbocycles. The second-order valence-corrected chi connectivity index (χ2v) is 6.72. The van der Waals surface area contributed by atoms with E-state index in [1.54, 1.807) is 19.1 Å². The predicted octanol–water partition coefficient (Wildman–Crippen LogP) is 0.957. The highest BCUT2D eigenvalue weighted by Gasteiger charge is 2.16. The quantitative estimate of drug-likeness (QED) is 0.564. The SMILES string of the molecule is COc1cc2oc(=O)c(CC(=O)NCCC[NH+](C)C)c(C)c2cc1Cl. The van der Waals surface area contributed by atoms with Crippen LogP contribution in [-0.4, -0.2) is 40.2 Å². The fraction of sp³-hybridized carbons (Fsp3) is 0.444. The lowest BCUT2D eigenvalue weighted by atomic mass is 10.0. The Bertz CT molecular complexity index is 830. The Labute approximate surface area is 151 Å². The van der Waals surface area contributed by atoms with Crippen molar-refractivity contribution in [3.8, 4) is 5.75 Å². The molecule has 0 aliphatic rings. The highest BCUT2D eigenvalue weighted by molar-refractivity contribution is 6.32. The number of ether oxygens (including phenoxy) is 1. The Hall–Kier alpha value is -2.05. The van der Waals surface area contributed by atoms with E-state index >= 15 is 0 Å². The van der Waals surface area contributed by atoms with Gasteiger partial charge in [-0.2, -0.15) is 0 Å². The van der Waals surface area contributed by atoms with Gasteiger partial charge in [-0.15, -0.1) is 0 Å². The summed E-state index contributed by atoms with van der Waals surface area (Å²) >= 11 is 6.16. The molecule has 7 heteroatoms. The Balaban J connectivity index is 2.21. The van der Waals surface area contributed by atoms with Crippen LogP contribution in [0, 0.1) is 6.92 Å². The molecule has 2 N–H and O–H groups in total. The topological polar surface area (TPSA) is 73.0 Å². The number of hydrogen-bond acceptors (Lipinski definition) is 4. The highest BCUT2D eigenvalue weighted by Crippen LogP contribution is 2.31.